The third-order valence-electron chi connectivity index (χ3n) is 7.77. The minimum Gasteiger partial charge on any atom is -0.486 e. The second kappa shape index (κ2) is 7.22. The molecule has 0 radical (unpaired) electrons. The molecule has 160 valence electrons. The first-order valence-electron chi connectivity index (χ1n) is 13.0. The van der Waals surface area contributed by atoms with Crippen molar-refractivity contribution >= 4 is 0 Å². The van der Waals surface area contributed by atoms with Crippen molar-refractivity contribution in [3.8, 4) is 28.1 Å². The molecule has 2 aliphatic rings. The molecule has 0 saturated heterocycles. The number of rotatable bonds is 2. The van der Waals surface area contributed by atoms with Gasteiger partial charge in [-0.15, -0.1) is 0 Å². The number of fused-ring (bicyclic) bond motifs is 1. The molecule has 0 unspecified atom stereocenters. The maximum atomic E-state index is 8.25. The predicted molar refractivity (Wildman–Crippen MR) is 127 cm³/mol. The van der Waals surface area contributed by atoms with Gasteiger partial charge in [0.25, 0.3) is 0 Å². The molecule has 0 N–H and O–H groups in total. The smallest absolute Gasteiger partial charge is 0.212 e. The second-order valence-electron chi connectivity index (χ2n) is 9.90. The van der Waals surface area contributed by atoms with Gasteiger partial charge in [-0.25, -0.2) is 4.57 Å². The highest BCUT2D eigenvalue weighted by molar-refractivity contribution is 5.77. The Morgan fingerprint density at radius 1 is 0.935 bits per heavy atom. The summed E-state index contributed by atoms with van der Waals surface area (Å²) >= 11 is 0. The Bertz CT molecular complexity index is 1250. The molecule has 2 heteroatoms. The first-order chi connectivity index (χ1) is 16.0. The van der Waals surface area contributed by atoms with Gasteiger partial charge in [0.2, 0.25) is 5.69 Å². The van der Waals surface area contributed by atoms with E-state index < -0.39 is 6.85 Å². The van der Waals surface area contributed by atoms with Crippen molar-refractivity contribution in [3.05, 3.63) is 71.4 Å². The number of nitrogens with zero attached hydrogens (tertiary/aromatic N) is 1. The SMILES string of the molecule is [2H]C([2H])([2H])c1cc(C)c(-c2cccc[n+]2C)cc1-c1ccc2c(c1)OC1(CCCCC1)C2(C)C. The minimum absolute atomic E-state index is 0.0651. The lowest BCUT2D eigenvalue weighted by Gasteiger charge is -2.43. The molecule has 1 fully saturated rings. The van der Waals surface area contributed by atoms with E-state index >= 15 is 0 Å². The summed E-state index contributed by atoms with van der Waals surface area (Å²) in [5.74, 6) is 0.910. The van der Waals surface area contributed by atoms with Gasteiger partial charge in [-0.2, -0.15) is 0 Å². The van der Waals surface area contributed by atoms with Gasteiger partial charge in [0, 0.05) is 32.8 Å². The van der Waals surface area contributed by atoms with Crippen LogP contribution in [0.5, 0.6) is 5.75 Å². The fourth-order valence-electron chi connectivity index (χ4n) is 5.75. The zero-order valence-corrected chi connectivity index (χ0v) is 19.1. The summed E-state index contributed by atoms with van der Waals surface area (Å²) in [6.07, 6.45) is 7.83. The molecule has 2 aromatic carbocycles. The summed E-state index contributed by atoms with van der Waals surface area (Å²) in [6, 6.07) is 16.3. The van der Waals surface area contributed by atoms with Crippen LogP contribution in [-0.2, 0) is 12.5 Å². The van der Waals surface area contributed by atoms with Crippen LogP contribution in [0, 0.1) is 13.8 Å². The Hall–Kier alpha value is -2.61. The van der Waals surface area contributed by atoms with Gasteiger partial charge in [0.1, 0.15) is 18.4 Å². The van der Waals surface area contributed by atoms with Gasteiger partial charge in [0.15, 0.2) is 6.20 Å². The fourth-order valence-corrected chi connectivity index (χ4v) is 5.75. The molecule has 1 aliphatic heterocycles. The highest BCUT2D eigenvalue weighted by Crippen LogP contribution is 2.55. The molecule has 1 spiro atoms. The molecule has 2 nitrogen and oxygen atoms in total. The van der Waals surface area contributed by atoms with Crippen LogP contribution in [0.25, 0.3) is 22.4 Å². The lowest BCUT2D eigenvalue weighted by molar-refractivity contribution is -0.660. The zero-order chi connectivity index (χ0) is 24.3. The monoisotopic (exact) mass is 415 g/mol. The maximum Gasteiger partial charge on any atom is 0.212 e. The van der Waals surface area contributed by atoms with E-state index in [1.807, 2.05) is 44.4 Å². The standard InChI is InChI=1S/C29H34NO/c1-20-17-21(2)24(26-11-7-10-16-30(26)5)19-23(20)22-12-13-25-27(18-22)31-29(28(25,3)4)14-8-6-9-15-29/h7,10-13,16-19H,6,8-9,14-15H2,1-5H3/q+1/i1D3. The highest BCUT2D eigenvalue weighted by atomic mass is 16.5. The van der Waals surface area contributed by atoms with Crippen LogP contribution in [0.1, 0.15) is 66.8 Å². The number of hydrogen-bond donors (Lipinski definition) is 0. The summed E-state index contributed by atoms with van der Waals surface area (Å²) in [7, 11) is 2.01. The van der Waals surface area contributed by atoms with Crippen LogP contribution >= 0.6 is 0 Å². The summed E-state index contributed by atoms with van der Waals surface area (Å²) in [4.78, 5) is 0. The number of aryl methyl sites for hydroxylation is 3. The van der Waals surface area contributed by atoms with Crippen molar-refractivity contribution in [2.24, 2.45) is 7.05 Å². The molecule has 1 aliphatic carbocycles. The Morgan fingerprint density at radius 3 is 2.48 bits per heavy atom. The summed E-state index contributed by atoms with van der Waals surface area (Å²) < 4.78 is 33.6. The van der Waals surface area contributed by atoms with Crippen LogP contribution < -0.4 is 9.30 Å². The van der Waals surface area contributed by atoms with E-state index in [4.69, 9.17) is 8.85 Å². The van der Waals surface area contributed by atoms with Crippen molar-refractivity contribution in [2.45, 2.75) is 70.7 Å². The summed E-state index contributed by atoms with van der Waals surface area (Å²) in [5.41, 5.74) is 6.09. The fraction of sp³-hybridized carbons (Fsp3) is 0.414. The summed E-state index contributed by atoms with van der Waals surface area (Å²) in [6.45, 7) is 4.39. The number of aromatic nitrogens is 1. The lowest BCUT2D eigenvalue weighted by Crippen LogP contribution is -2.49. The minimum atomic E-state index is -2.21. The summed E-state index contributed by atoms with van der Waals surface area (Å²) in [5, 5.41) is 0. The van der Waals surface area contributed by atoms with Crippen molar-refractivity contribution in [2.75, 3.05) is 0 Å². The van der Waals surface area contributed by atoms with E-state index in [-0.39, 0.29) is 11.0 Å². The van der Waals surface area contributed by atoms with E-state index in [0.717, 1.165) is 46.5 Å². The molecule has 1 saturated carbocycles. The van der Waals surface area contributed by atoms with Gasteiger partial charge in [-0.05, 0) is 79.9 Å². The van der Waals surface area contributed by atoms with Crippen LogP contribution in [-0.4, -0.2) is 5.60 Å². The van der Waals surface area contributed by atoms with E-state index in [9.17, 15) is 0 Å². The van der Waals surface area contributed by atoms with Crippen LogP contribution in [0.3, 0.4) is 0 Å². The Morgan fingerprint density at radius 2 is 1.74 bits per heavy atom. The van der Waals surface area contributed by atoms with E-state index in [1.54, 1.807) is 0 Å². The van der Waals surface area contributed by atoms with Crippen LogP contribution in [0.4, 0.5) is 0 Å². The van der Waals surface area contributed by atoms with Crippen molar-refractivity contribution in [3.63, 3.8) is 0 Å². The van der Waals surface area contributed by atoms with Gasteiger partial charge in [0.05, 0.1) is 0 Å². The first-order valence-corrected chi connectivity index (χ1v) is 11.5. The van der Waals surface area contributed by atoms with Gasteiger partial charge < -0.3 is 4.74 Å². The van der Waals surface area contributed by atoms with Gasteiger partial charge >= 0.3 is 0 Å². The zero-order valence-electron chi connectivity index (χ0n) is 22.1. The molecule has 0 bridgehead atoms. The molecule has 31 heavy (non-hydrogen) atoms. The molecule has 1 aromatic heterocycles. The van der Waals surface area contributed by atoms with Crippen molar-refractivity contribution < 1.29 is 13.4 Å². The number of pyridine rings is 1. The highest BCUT2D eigenvalue weighted by Gasteiger charge is 2.54. The molecule has 0 atom stereocenters. The normalized spacial score (nSPS) is 20.5. The van der Waals surface area contributed by atoms with E-state index in [0.29, 0.717) is 5.56 Å². The first kappa shape index (κ1) is 17.0. The largest absolute Gasteiger partial charge is 0.486 e. The second-order valence-corrected chi connectivity index (χ2v) is 9.90. The average Bonchev–Trinajstić information content (AvgIpc) is 2.99. The van der Waals surface area contributed by atoms with E-state index in [1.165, 1.54) is 24.8 Å². The third-order valence-corrected chi connectivity index (χ3v) is 7.77. The quantitative estimate of drug-likeness (QED) is 0.418. The van der Waals surface area contributed by atoms with Crippen molar-refractivity contribution in [1.29, 1.82) is 0 Å². The van der Waals surface area contributed by atoms with Crippen molar-refractivity contribution in [1.82, 2.24) is 0 Å². The maximum absolute atomic E-state index is 8.25. The molecular formula is C29H34NO+. The molecule has 0 amide bonds. The molecule has 2 heterocycles. The van der Waals surface area contributed by atoms with E-state index in [2.05, 4.69) is 42.7 Å². The lowest BCUT2D eigenvalue weighted by atomic mass is 9.65. The molecule has 5 rings (SSSR count). The topological polar surface area (TPSA) is 13.1 Å². The third kappa shape index (κ3) is 3.11. The molecule has 3 aromatic rings. The van der Waals surface area contributed by atoms with Gasteiger partial charge in [-0.3, -0.25) is 0 Å². The molecular weight excluding hydrogens is 378 g/mol. The average molecular weight is 416 g/mol. The Labute approximate surface area is 191 Å². The predicted octanol–water partition coefficient (Wildman–Crippen LogP) is 6.83. The number of benzene rings is 2. The number of hydrogen-bond acceptors (Lipinski definition) is 1. The Kier molecular flexibility index (Phi) is 3.96. The Balaban J connectivity index is 1.67. The van der Waals surface area contributed by atoms with Crippen LogP contribution in [0.2, 0.25) is 0 Å². The van der Waals surface area contributed by atoms with Gasteiger partial charge in [-0.1, -0.05) is 38.5 Å². The number of ether oxygens (including phenoxy) is 1. The van der Waals surface area contributed by atoms with Crippen LogP contribution in [0.15, 0.2) is 54.7 Å².